The second-order valence-electron chi connectivity index (χ2n) is 7.31. The second-order valence-corrected chi connectivity index (χ2v) is 7.31. The Labute approximate surface area is 172 Å². The van der Waals surface area contributed by atoms with E-state index in [1.165, 1.54) is 24.8 Å². The molecule has 0 bridgehead atoms. The maximum atomic E-state index is 13.3. The molecule has 0 saturated carbocycles. The number of carbonyl (C=O) groups is 1. The lowest BCUT2D eigenvalue weighted by Crippen LogP contribution is -2.10. The van der Waals surface area contributed by atoms with Crippen LogP contribution in [0.1, 0.15) is 47.8 Å². The summed E-state index contributed by atoms with van der Waals surface area (Å²) >= 11 is 0. The summed E-state index contributed by atoms with van der Waals surface area (Å²) in [6.07, 6.45) is 8.06. The van der Waals surface area contributed by atoms with Crippen molar-refractivity contribution in [3.05, 3.63) is 77.7 Å². The van der Waals surface area contributed by atoms with E-state index in [1.807, 2.05) is 66.0 Å². The molecule has 5 nitrogen and oxygen atoms in total. The third-order valence-corrected chi connectivity index (χ3v) is 4.69. The van der Waals surface area contributed by atoms with Crippen molar-refractivity contribution in [2.75, 3.05) is 14.1 Å². The third-order valence-electron chi connectivity index (χ3n) is 4.69. The Kier molecular flexibility index (Phi) is 6.95. The Hall–Kier alpha value is -3.21. The highest BCUT2D eigenvalue weighted by Gasteiger charge is 2.21. The van der Waals surface area contributed by atoms with E-state index in [0.29, 0.717) is 17.1 Å². The first-order valence-corrected chi connectivity index (χ1v) is 10.1. The van der Waals surface area contributed by atoms with Crippen LogP contribution in [0.15, 0.2) is 65.9 Å². The molecule has 0 saturated heterocycles. The minimum Gasteiger partial charge on any atom is -0.369 e. The first-order chi connectivity index (χ1) is 14.1. The first-order valence-electron chi connectivity index (χ1n) is 10.1. The lowest BCUT2D eigenvalue weighted by Gasteiger charge is -2.10. The van der Waals surface area contributed by atoms with Crippen molar-refractivity contribution in [1.82, 2.24) is 14.5 Å². The first kappa shape index (κ1) is 20.5. The van der Waals surface area contributed by atoms with Gasteiger partial charge >= 0.3 is 0 Å². The molecule has 0 unspecified atom stereocenters. The van der Waals surface area contributed by atoms with Crippen LogP contribution in [0, 0.1) is 0 Å². The maximum Gasteiger partial charge on any atom is 0.213 e. The molecule has 0 spiro atoms. The van der Waals surface area contributed by atoms with E-state index in [1.54, 1.807) is 12.7 Å². The van der Waals surface area contributed by atoms with Crippen molar-refractivity contribution >= 4 is 17.9 Å². The molecule has 150 valence electrons. The average molecular weight is 389 g/mol. The van der Waals surface area contributed by atoms with Gasteiger partial charge in [-0.1, -0.05) is 62.2 Å². The minimum absolute atomic E-state index is 0.0963. The number of hydrogen-bond acceptors (Lipinski definition) is 3. The number of rotatable bonds is 9. The van der Waals surface area contributed by atoms with Gasteiger partial charge in [0, 0.05) is 25.3 Å². The lowest BCUT2D eigenvalue weighted by molar-refractivity contribution is 0.103. The summed E-state index contributed by atoms with van der Waals surface area (Å²) in [6.45, 7) is 2.21. The van der Waals surface area contributed by atoms with Crippen LogP contribution in [0.25, 0.3) is 5.69 Å². The van der Waals surface area contributed by atoms with Gasteiger partial charge in [-0.25, -0.2) is 9.98 Å². The van der Waals surface area contributed by atoms with Crippen LogP contribution in [0.5, 0.6) is 0 Å². The topological polar surface area (TPSA) is 50.5 Å². The zero-order valence-electron chi connectivity index (χ0n) is 17.4. The molecular weight excluding hydrogens is 360 g/mol. The zero-order chi connectivity index (χ0) is 20.6. The fourth-order valence-electron chi connectivity index (χ4n) is 3.14. The Morgan fingerprint density at radius 2 is 1.79 bits per heavy atom. The molecule has 0 aliphatic rings. The van der Waals surface area contributed by atoms with Gasteiger partial charge in [0.05, 0.1) is 6.34 Å². The molecule has 3 rings (SSSR count). The molecule has 0 fully saturated rings. The molecule has 3 aromatic rings. The number of nitrogens with zero attached hydrogens (tertiary/aromatic N) is 4. The molecule has 5 heteroatoms. The molecule has 1 aromatic heterocycles. The molecule has 0 amide bonds. The summed E-state index contributed by atoms with van der Waals surface area (Å²) in [4.78, 5) is 23.9. The highest BCUT2D eigenvalue weighted by molar-refractivity contribution is 6.11. The predicted octanol–water partition coefficient (Wildman–Crippen LogP) is 5.06. The van der Waals surface area contributed by atoms with Crippen molar-refractivity contribution in [2.45, 2.75) is 32.6 Å². The standard InChI is InChI=1S/C24H28N4O/c1-4-5-7-10-19-13-15-21(16-14-19)28-18-26-24(25-17-27(2)3)22(28)23(29)20-11-8-6-9-12-20/h6,8-9,11-18H,4-5,7,10H2,1-3H3. The molecule has 29 heavy (non-hydrogen) atoms. The van der Waals surface area contributed by atoms with Gasteiger partial charge in [0.2, 0.25) is 5.78 Å². The highest BCUT2D eigenvalue weighted by atomic mass is 16.1. The molecule has 0 aliphatic carbocycles. The van der Waals surface area contributed by atoms with Crippen molar-refractivity contribution in [3.8, 4) is 5.69 Å². The summed E-state index contributed by atoms with van der Waals surface area (Å²) in [7, 11) is 3.77. The van der Waals surface area contributed by atoms with Crippen LogP contribution >= 0.6 is 0 Å². The smallest absolute Gasteiger partial charge is 0.213 e. The van der Waals surface area contributed by atoms with E-state index in [2.05, 4.69) is 29.0 Å². The second kappa shape index (κ2) is 9.82. The van der Waals surface area contributed by atoms with Crippen LogP contribution in [-0.2, 0) is 6.42 Å². The van der Waals surface area contributed by atoms with Crippen molar-refractivity contribution in [2.24, 2.45) is 4.99 Å². The number of carbonyl (C=O) groups excluding carboxylic acids is 1. The Morgan fingerprint density at radius 3 is 2.45 bits per heavy atom. The number of aryl methyl sites for hydroxylation is 1. The SMILES string of the molecule is CCCCCc1ccc(-n2cnc(N=CN(C)C)c2C(=O)c2ccccc2)cc1. The molecule has 2 aromatic carbocycles. The highest BCUT2D eigenvalue weighted by Crippen LogP contribution is 2.25. The minimum atomic E-state index is -0.0963. The summed E-state index contributed by atoms with van der Waals surface area (Å²) in [5.41, 5.74) is 3.30. The van der Waals surface area contributed by atoms with Gasteiger partial charge in [0.15, 0.2) is 5.82 Å². The van der Waals surface area contributed by atoms with Gasteiger partial charge in [-0.05, 0) is 30.5 Å². The van der Waals surface area contributed by atoms with Gasteiger partial charge in [0.25, 0.3) is 0 Å². The van der Waals surface area contributed by atoms with Crippen molar-refractivity contribution in [3.63, 3.8) is 0 Å². The van der Waals surface area contributed by atoms with E-state index in [0.717, 1.165) is 12.1 Å². The number of aromatic nitrogens is 2. The number of hydrogen-bond donors (Lipinski definition) is 0. The van der Waals surface area contributed by atoms with E-state index < -0.39 is 0 Å². The molecule has 0 radical (unpaired) electrons. The monoisotopic (exact) mass is 388 g/mol. The van der Waals surface area contributed by atoms with Gasteiger partial charge in [0.1, 0.15) is 12.0 Å². The lowest BCUT2D eigenvalue weighted by atomic mass is 10.1. The van der Waals surface area contributed by atoms with Gasteiger partial charge in [-0.2, -0.15) is 0 Å². The van der Waals surface area contributed by atoms with Gasteiger partial charge < -0.3 is 4.90 Å². The van der Waals surface area contributed by atoms with Gasteiger partial charge in [-0.15, -0.1) is 0 Å². The number of ketones is 1. The number of unbranched alkanes of at least 4 members (excludes halogenated alkanes) is 2. The molecular formula is C24H28N4O. The summed E-state index contributed by atoms with van der Waals surface area (Å²) < 4.78 is 1.83. The fourth-order valence-corrected chi connectivity index (χ4v) is 3.14. The average Bonchev–Trinajstić information content (AvgIpc) is 3.17. The van der Waals surface area contributed by atoms with Crippen LogP contribution in [-0.4, -0.2) is 40.7 Å². The van der Waals surface area contributed by atoms with E-state index in [4.69, 9.17) is 0 Å². The molecule has 1 heterocycles. The predicted molar refractivity (Wildman–Crippen MR) is 119 cm³/mol. The normalized spacial score (nSPS) is 11.1. The van der Waals surface area contributed by atoms with Crippen LogP contribution in [0.2, 0.25) is 0 Å². The summed E-state index contributed by atoms with van der Waals surface area (Å²) in [5.74, 6) is 0.320. The number of imidazole rings is 1. The third kappa shape index (κ3) is 5.19. The Bertz CT molecular complexity index is 956. The largest absolute Gasteiger partial charge is 0.369 e. The van der Waals surface area contributed by atoms with Crippen molar-refractivity contribution < 1.29 is 4.79 Å². The van der Waals surface area contributed by atoms with Crippen molar-refractivity contribution in [1.29, 1.82) is 0 Å². The zero-order valence-corrected chi connectivity index (χ0v) is 17.4. The quantitative estimate of drug-likeness (QED) is 0.223. The summed E-state index contributed by atoms with van der Waals surface area (Å²) in [6, 6.07) is 17.6. The van der Waals surface area contributed by atoms with E-state index >= 15 is 0 Å². The molecule has 0 N–H and O–H groups in total. The van der Waals surface area contributed by atoms with E-state index in [9.17, 15) is 4.79 Å². The Balaban J connectivity index is 1.97. The fraction of sp³-hybridized carbons (Fsp3) is 0.292. The van der Waals surface area contributed by atoms with E-state index in [-0.39, 0.29) is 5.78 Å². The maximum absolute atomic E-state index is 13.3. The summed E-state index contributed by atoms with van der Waals surface area (Å²) in [5, 5.41) is 0. The van der Waals surface area contributed by atoms with Gasteiger partial charge in [-0.3, -0.25) is 9.36 Å². The van der Waals surface area contributed by atoms with Crippen LogP contribution in [0.4, 0.5) is 5.82 Å². The van der Waals surface area contributed by atoms with Crippen LogP contribution < -0.4 is 0 Å². The number of benzene rings is 2. The molecule has 0 aliphatic heterocycles. The Morgan fingerprint density at radius 1 is 1.07 bits per heavy atom. The molecule has 0 atom stereocenters. The number of aliphatic imine (C=N–C) groups is 1. The van der Waals surface area contributed by atoms with Crippen LogP contribution in [0.3, 0.4) is 0 Å².